The smallest absolute Gasteiger partial charge is 0.255 e. The number of nitrogens with zero attached hydrogens (tertiary/aromatic N) is 2. The van der Waals surface area contributed by atoms with E-state index < -0.39 is 17.6 Å². The monoisotopic (exact) mass is 248 g/mol. The maximum absolute atomic E-state index is 13.6. The van der Waals surface area contributed by atoms with Crippen molar-refractivity contribution in [3.8, 4) is 6.07 Å². The van der Waals surface area contributed by atoms with E-state index in [0.29, 0.717) is 0 Å². The summed E-state index contributed by atoms with van der Waals surface area (Å²) in [4.78, 5) is 23.8. The number of imide groups is 1. The Morgan fingerprint density at radius 1 is 1.33 bits per heavy atom. The second-order valence-corrected chi connectivity index (χ2v) is 3.78. The van der Waals surface area contributed by atoms with Gasteiger partial charge in [0, 0.05) is 5.56 Å². The first-order chi connectivity index (χ1) is 8.61. The van der Waals surface area contributed by atoms with Crippen molar-refractivity contribution in [1.29, 1.82) is 5.26 Å². The zero-order valence-corrected chi connectivity index (χ0v) is 9.35. The van der Waals surface area contributed by atoms with Crippen molar-refractivity contribution >= 4 is 11.8 Å². The van der Waals surface area contributed by atoms with Gasteiger partial charge in [0.05, 0.1) is 18.2 Å². The second kappa shape index (κ2) is 4.94. The molecule has 1 aromatic carbocycles. The second-order valence-electron chi connectivity index (χ2n) is 3.78. The van der Waals surface area contributed by atoms with Gasteiger partial charge in [-0.25, -0.2) is 4.39 Å². The summed E-state index contributed by atoms with van der Waals surface area (Å²) in [7, 11) is 0. The summed E-state index contributed by atoms with van der Waals surface area (Å²) in [6, 6.07) is 5.71. The van der Waals surface area contributed by atoms with Crippen LogP contribution in [0.15, 0.2) is 18.2 Å². The largest absolute Gasteiger partial charge is 0.362 e. The number of rotatable bonds is 2. The number of hydrogen-bond donors (Lipinski definition) is 0. The Bertz CT molecular complexity index is 535. The van der Waals surface area contributed by atoms with Gasteiger partial charge in [0.2, 0.25) is 0 Å². The van der Waals surface area contributed by atoms with E-state index in [-0.39, 0.29) is 30.9 Å². The number of hydrogen-bond acceptors (Lipinski definition) is 4. The molecule has 0 unspecified atom stereocenters. The van der Waals surface area contributed by atoms with E-state index in [2.05, 4.69) is 0 Å². The number of amides is 2. The SMILES string of the molecule is N#Cc1ccc(CN2C(=O)COCC2=O)c(F)c1. The van der Waals surface area contributed by atoms with Crippen LogP contribution in [0.5, 0.6) is 0 Å². The Morgan fingerprint density at radius 2 is 2.00 bits per heavy atom. The predicted octanol–water partition coefficient (Wildman–Crippen LogP) is 0.583. The Kier molecular flexibility index (Phi) is 3.35. The van der Waals surface area contributed by atoms with E-state index in [1.807, 2.05) is 6.07 Å². The molecule has 0 saturated carbocycles. The highest BCUT2D eigenvalue weighted by Gasteiger charge is 2.27. The van der Waals surface area contributed by atoms with Crippen molar-refractivity contribution in [2.24, 2.45) is 0 Å². The molecular weight excluding hydrogens is 239 g/mol. The van der Waals surface area contributed by atoms with Gasteiger partial charge in [-0.2, -0.15) is 5.26 Å². The zero-order valence-electron chi connectivity index (χ0n) is 9.35. The molecule has 1 aromatic rings. The minimum atomic E-state index is -0.610. The van der Waals surface area contributed by atoms with Gasteiger partial charge in [-0.1, -0.05) is 6.07 Å². The maximum atomic E-state index is 13.6. The third-order valence-corrected chi connectivity index (χ3v) is 2.56. The number of benzene rings is 1. The van der Waals surface area contributed by atoms with E-state index >= 15 is 0 Å². The molecule has 1 aliphatic rings. The molecule has 1 aliphatic heterocycles. The number of carbonyl (C=O) groups is 2. The molecule has 6 heteroatoms. The number of ether oxygens (including phenoxy) is 1. The fourth-order valence-electron chi connectivity index (χ4n) is 1.61. The summed E-state index contributed by atoms with van der Waals surface area (Å²) in [6.07, 6.45) is 0. The highest BCUT2D eigenvalue weighted by Crippen LogP contribution is 2.14. The molecule has 0 spiro atoms. The third kappa shape index (κ3) is 2.36. The lowest BCUT2D eigenvalue weighted by Gasteiger charge is -2.25. The minimum Gasteiger partial charge on any atom is -0.362 e. The van der Waals surface area contributed by atoms with E-state index in [1.165, 1.54) is 12.1 Å². The van der Waals surface area contributed by atoms with Gasteiger partial charge in [0.15, 0.2) is 0 Å². The normalized spacial score (nSPS) is 15.7. The molecule has 2 rings (SSSR count). The molecule has 0 N–H and O–H groups in total. The van der Waals surface area contributed by atoms with Crippen molar-refractivity contribution in [2.75, 3.05) is 13.2 Å². The molecule has 1 heterocycles. The molecule has 18 heavy (non-hydrogen) atoms. The van der Waals surface area contributed by atoms with E-state index in [1.54, 1.807) is 0 Å². The topological polar surface area (TPSA) is 70.4 Å². The first-order valence-electron chi connectivity index (χ1n) is 5.21. The van der Waals surface area contributed by atoms with Crippen LogP contribution in [-0.2, 0) is 20.9 Å². The van der Waals surface area contributed by atoms with E-state index in [9.17, 15) is 14.0 Å². The summed E-state index contributed by atoms with van der Waals surface area (Å²) in [5, 5.41) is 8.61. The average Bonchev–Trinajstić information content (AvgIpc) is 2.35. The summed E-state index contributed by atoms with van der Waals surface area (Å²) < 4.78 is 18.4. The van der Waals surface area contributed by atoms with Crippen molar-refractivity contribution in [1.82, 2.24) is 4.90 Å². The predicted molar refractivity (Wildman–Crippen MR) is 57.5 cm³/mol. The van der Waals surface area contributed by atoms with Crippen molar-refractivity contribution < 1.29 is 18.7 Å². The molecule has 0 atom stereocenters. The summed E-state index contributed by atoms with van der Waals surface area (Å²) in [5.41, 5.74) is 0.383. The van der Waals surface area contributed by atoms with Crippen molar-refractivity contribution in [2.45, 2.75) is 6.54 Å². The Balaban J connectivity index is 2.21. The molecule has 0 bridgehead atoms. The Labute approximate surface area is 102 Å². The van der Waals surface area contributed by atoms with Gasteiger partial charge >= 0.3 is 0 Å². The van der Waals surface area contributed by atoms with Crippen LogP contribution < -0.4 is 0 Å². The maximum Gasteiger partial charge on any atom is 0.255 e. The highest BCUT2D eigenvalue weighted by molar-refractivity contribution is 5.98. The van der Waals surface area contributed by atoms with Crippen molar-refractivity contribution in [3.63, 3.8) is 0 Å². The summed E-state index contributed by atoms with van der Waals surface area (Å²) >= 11 is 0. The Morgan fingerprint density at radius 3 is 2.56 bits per heavy atom. The molecule has 1 fully saturated rings. The van der Waals surface area contributed by atoms with Gasteiger partial charge in [0.25, 0.3) is 11.8 Å². The lowest BCUT2D eigenvalue weighted by Crippen LogP contribution is -2.45. The van der Waals surface area contributed by atoms with Gasteiger partial charge in [0.1, 0.15) is 19.0 Å². The summed E-state index contributed by atoms with van der Waals surface area (Å²) in [6.45, 7) is -0.494. The van der Waals surface area contributed by atoms with Crippen LogP contribution in [0.1, 0.15) is 11.1 Å². The van der Waals surface area contributed by atoms with Crippen LogP contribution >= 0.6 is 0 Å². The fraction of sp³-hybridized carbons (Fsp3) is 0.250. The van der Waals surface area contributed by atoms with Crippen LogP contribution in [0.3, 0.4) is 0 Å². The first-order valence-corrected chi connectivity index (χ1v) is 5.21. The van der Waals surface area contributed by atoms with Gasteiger partial charge in [-0.05, 0) is 12.1 Å². The molecule has 0 aromatic heterocycles. The van der Waals surface area contributed by atoms with Crippen LogP contribution in [0.2, 0.25) is 0 Å². The molecule has 0 aliphatic carbocycles. The summed E-state index contributed by atoms with van der Waals surface area (Å²) in [5.74, 6) is -1.59. The molecule has 1 saturated heterocycles. The molecule has 0 radical (unpaired) electrons. The van der Waals surface area contributed by atoms with Crippen LogP contribution in [0.25, 0.3) is 0 Å². The average molecular weight is 248 g/mol. The van der Waals surface area contributed by atoms with E-state index in [0.717, 1.165) is 11.0 Å². The Hall–Kier alpha value is -2.26. The fourth-order valence-corrected chi connectivity index (χ4v) is 1.61. The number of nitriles is 1. The first kappa shape index (κ1) is 12.2. The van der Waals surface area contributed by atoms with Gasteiger partial charge in [-0.15, -0.1) is 0 Å². The molecule has 5 nitrogen and oxygen atoms in total. The quantitative estimate of drug-likeness (QED) is 0.718. The lowest BCUT2D eigenvalue weighted by molar-refractivity contribution is -0.159. The standard InChI is InChI=1S/C12H9FN2O3/c13-10-3-8(4-14)1-2-9(10)5-15-11(16)6-18-7-12(15)17/h1-3H,5-7H2. The van der Waals surface area contributed by atoms with Crippen LogP contribution in [0.4, 0.5) is 4.39 Å². The van der Waals surface area contributed by atoms with Gasteiger partial charge < -0.3 is 4.74 Å². The third-order valence-electron chi connectivity index (χ3n) is 2.56. The number of carbonyl (C=O) groups excluding carboxylic acids is 2. The highest BCUT2D eigenvalue weighted by atomic mass is 19.1. The zero-order chi connectivity index (χ0) is 13.1. The van der Waals surface area contributed by atoms with Crippen LogP contribution in [0, 0.1) is 17.1 Å². The molecular formula is C12H9FN2O3. The lowest BCUT2D eigenvalue weighted by atomic mass is 10.1. The molecule has 92 valence electrons. The number of halogens is 1. The van der Waals surface area contributed by atoms with Crippen molar-refractivity contribution in [3.05, 3.63) is 35.1 Å². The molecule has 2 amide bonds. The van der Waals surface area contributed by atoms with Gasteiger partial charge in [-0.3, -0.25) is 14.5 Å². The minimum absolute atomic E-state index is 0.140. The van der Waals surface area contributed by atoms with Crippen LogP contribution in [-0.4, -0.2) is 29.9 Å². The number of morpholine rings is 1. The van der Waals surface area contributed by atoms with E-state index in [4.69, 9.17) is 10.00 Å².